The summed E-state index contributed by atoms with van der Waals surface area (Å²) in [5.74, 6) is 0.918. The summed E-state index contributed by atoms with van der Waals surface area (Å²) >= 11 is 0. The van der Waals surface area contributed by atoms with E-state index < -0.39 is 0 Å². The van der Waals surface area contributed by atoms with Gasteiger partial charge in [0.15, 0.2) is 0 Å². The van der Waals surface area contributed by atoms with Gasteiger partial charge in [-0.25, -0.2) is 4.98 Å². The van der Waals surface area contributed by atoms with Crippen molar-refractivity contribution in [2.24, 2.45) is 20.0 Å². The lowest BCUT2D eigenvalue weighted by atomic mass is 10.0. The molecule has 0 aliphatic heterocycles. The summed E-state index contributed by atoms with van der Waals surface area (Å²) in [4.78, 5) is 16.6. The molecule has 1 N–H and O–H groups in total. The summed E-state index contributed by atoms with van der Waals surface area (Å²) in [5, 5.41) is 7.22. The van der Waals surface area contributed by atoms with Crippen LogP contribution in [0, 0.1) is 12.8 Å². The van der Waals surface area contributed by atoms with Crippen LogP contribution in [0.4, 0.5) is 0 Å². The molecule has 6 heteroatoms. The Hall–Kier alpha value is -2.11. The van der Waals surface area contributed by atoms with Gasteiger partial charge in [-0.1, -0.05) is 13.8 Å². The second-order valence-electron chi connectivity index (χ2n) is 5.39. The molecule has 2 heterocycles. The molecule has 1 unspecified atom stereocenters. The zero-order chi connectivity index (χ0) is 14.9. The van der Waals surface area contributed by atoms with Crippen molar-refractivity contribution in [2.45, 2.75) is 26.8 Å². The van der Waals surface area contributed by atoms with E-state index in [9.17, 15) is 4.79 Å². The van der Waals surface area contributed by atoms with Crippen molar-refractivity contribution in [1.29, 1.82) is 0 Å². The summed E-state index contributed by atoms with van der Waals surface area (Å²) in [5.41, 5.74) is 1.39. The molecule has 0 spiro atoms. The monoisotopic (exact) mass is 275 g/mol. The number of carbonyl (C=O) groups excluding carboxylic acids is 1. The fraction of sp³-hybridized carbons (Fsp3) is 0.500. The predicted octanol–water partition coefficient (Wildman–Crippen LogP) is 1.59. The molecule has 0 aliphatic carbocycles. The van der Waals surface area contributed by atoms with Gasteiger partial charge in [-0.15, -0.1) is 0 Å². The Labute approximate surface area is 118 Å². The lowest BCUT2D eigenvalue weighted by Gasteiger charge is -2.21. The molecule has 6 nitrogen and oxygen atoms in total. The van der Waals surface area contributed by atoms with E-state index >= 15 is 0 Å². The van der Waals surface area contributed by atoms with Crippen LogP contribution in [0.5, 0.6) is 0 Å². The number of aromatic nitrogens is 4. The van der Waals surface area contributed by atoms with E-state index in [1.54, 1.807) is 16.9 Å². The second kappa shape index (κ2) is 5.48. The van der Waals surface area contributed by atoms with Gasteiger partial charge in [-0.3, -0.25) is 9.48 Å². The number of hydrogen-bond donors (Lipinski definition) is 1. The van der Waals surface area contributed by atoms with Gasteiger partial charge in [0.25, 0.3) is 5.91 Å². The van der Waals surface area contributed by atoms with E-state index in [1.807, 2.05) is 31.8 Å². The highest BCUT2D eigenvalue weighted by Gasteiger charge is 2.23. The first-order valence-electron chi connectivity index (χ1n) is 6.69. The Morgan fingerprint density at radius 3 is 2.50 bits per heavy atom. The van der Waals surface area contributed by atoms with Crippen LogP contribution in [0.2, 0.25) is 0 Å². The molecule has 20 heavy (non-hydrogen) atoms. The molecule has 0 saturated carbocycles. The predicted molar refractivity (Wildman–Crippen MR) is 76.2 cm³/mol. The molecule has 1 atom stereocenters. The van der Waals surface area contributed by atoms with Gasteiger partial charge in [0.2, 0.25) is 0 Å². The highest BCUT2D eigenvalue weighted by molar-refractivity contribution is 5.92. The van der Waals surface area contributed by atoms with E-state index in [0.29, 0.717) is 5.69 Å². The van der Waals surface area contributed by atoms with Crippen LogP contribution >= 0.6 is 0 Å². The normalized spacial score (nSPS) is 12.7. The average molecular weight is 275 g/mol. The van der Waals surface area contributed by atoms with E-state index in [4.69, 9.17) is 0 Å². The number of nitrogens with one attached hydrogen (secondary N) is 1. The molecule has 2 rings (SSSR count). The third kappa shape index (κ3) is 2.74. The molecular formula is C14H21N5O. The maximum Gasteiger partial charge on any atom is 0.272 e. The zero-order valence-corrected chi connectivity index (χ0v) is 12.6. The van der Waals surface area contributed by atoms with Crippen LogP contribution in [0.1, 0.15) is 41.9 Å². The number of aryl methyl sites for hydroxylation is 3. The minimum atomic E-state index is -0.171. The van der Waals surface area contributed by atoms with Crippen molar-refractivity contribution >= 4 is 5.91 Å². The molecule has 2 aromatic rings. The third-order valence-electron chi connectivity index (χ3n) is 3.44. The van der Waals surface area contributed by atoms with Crippen molar-refractivity contribution in [2.75, 3.05) is 0 Å². The summed E-state index contributed by atoms with van der Waals surface area (Å²) in [6.07, 6.45) is 3.61. The van der Waals surface area contributed by atoms with Crippen LogP contribution in [-0.4, -0.2) is 25.2 Å². The number of carbonyl (C=O) groups is 1. The number of hydrogen-bond acceptors (Lipinski definition) is 3. The third-order valence-corrected chi connectivity index (χ3v) is 3.44. The molecule has 0 aliphatic rings. The Balaban J connectivity index is 2.21. The molecule has 108 valence electrons. The topological polar surface area (TPSA) is 64.7 Å². The standard InChI is InChI=1S/C14H21N5O/c1-9(2)12(13-15-6-7-18(13)4)16-14(20)11-8-10(3)19(5)17-11/h6-9,12H,1-5H3,(H,16,20). The molecule has 0 bridgehead atoms. The van der Waals surface area contributed by atoms with Crippen molar-refractivity contribution in [3.8, 4) is 0 Å². The fourth-order valence-corrected chi connectivity index (χ4v) is 2.09. The number of amides is 1. The molecule has 0 aromatic carbocycles. The fourth-order valence-electron chi connectivity index (χ4n) is 2.09. The molecule has 2 aromatic heterocycles. The van der Waals surface area contributed by atoms with Gasteiger partial charge >= 0.3 is 0 Å². The van der Waals surface area contributed by atoms with Gasteiger partial charge in [0.05, 0.1) is 6.04 Å². The summed E-state index contributed by atoms with van der Waals surface area (Å²) in [6.45, 7) is 6.04. The first-order chi connectivity index (χ1) is 9.40. The van der Waals surface area contributed by atoms with Crippen molar-refractivity contribution in [3.05, 3.63) is 35.7 Å². The Bertz CT molecular complexity index is 591. The lowest BCUT2D eigenvalue weighted by molar-refractivity contribution is 0.0916. The van der Waals surface area contributed by atoms with Gasteiger partial charge in [0.1, 0.15) is 11.5 Å². The Kier molecular flexibility index (Phi) is 3.92. The first kappa shape index (κ1) is 14.3. The largest absolute Gasteiger partial charge is 0.340 e. The summed E-state index contributed by atoms with van der Waals surface area (Å²) < 4.78 is 3.62. The van der Waals surface area contributed by atoms with Gasteiger partial charge < -0.3 is 9.88 Å². The quantitative estimate of drug-likeness (QED) is 0.921. The molecule has 0 fully saturated rings. The van der Waals surface area contributed by atoms with Crippen LogP contribution in [0.3, 0.4) is 0 Å². The van der Waals surface area contributed by atoms with Crippen LogP contribution in [0.25, 0.3) is 0 Å². The van der Waals surface area contributed by atoms with Gasteiger partial charge in [-0.2, -0.15) is 5.10 Å². The highest BCUT2D eigenvalue weighted by atomic mass is 16.2. The average Bonchev–Trinajstić information content (AvgIpc) is 2.93. The van der Waals surface area contributed by atoms with Crippen molar-refractivity contribution in [3.63, 3.8) is 0 Å². The van der Waals surface area contributed by atoms with E-state index in [1.165, 1.54) is 0 Å². The van der Waals surface area contributed by atoms with Crippen LogP contribution in [0.15, 0.2) is 18.5 Å². The van der Waals surface area contributed by atoms with E-state index in [2.05, 4.69) is 29.2 Å². The van der Waals surface area contributed by atoms with Gasteiger partial charge in [-0.05, 0) is 18.9 Å². The highest BCUT2D eigenvalue weighted by Crippen LogP contribution is 2.20. The van der Waals surface area contributed by atoms with Crippen molar-refractivity contribution < 1.29 is 4.79 Å². The number of nitrogens with zero attached hydrogens (tertiary/aromatic N) is 4. The first-order valence-corrected chi connectivity index (χ1v) is 6.69. The molecule has 0 saturated heterocycles. The van der Waals surface area contributed by atoms with Crippen molar-refractivity contribution in [1.82, 2.24) is 24.6 Å². The molecule has 1 amide bonds. The van der Waals surface area contributed by atoms with E-state index in [0.717, 1.165) is 11.5 Å². The number of rotatable bonds is 4. The Morgan fingerprint density at radius 1 is 1.35 bits per heavy atom. The summed E-state index contributed by atoms with van der Waals surface area (Å²) in [6, 6.07) is 1.65. The summed E-state index contributed by atoms with van der Waals surface area (Å²) in [7, 11) is 3.75. The van der Waals surface area contributed by atoms with Crippen LogP contribution < -0.4 is 5.32 Å². The zero-order valence-electron chi connectivity index (χ0n) is 12.6. The molecule has 0 radical (unpaired) electrons. The molecular weight excluding hydrogens is 254 g/mol. The van der Waals surface area contributed by atoms with Crippen LogP contribution in [-0.2, 0) is 14.1 Å². The maximum absolute atomic E-state index is 12.3. The second-order valence-corrected chi connectivity index (χ2v) is 5.39. The van der Waals surface area contributed by atoms with E-state index in [-0.39, 0.29) is 17.9 Å². The minimum Gasteiger partial charge on any atom is -0.340 e. The SMILES string of the molecule is Cc1cc(C(=O)NC(c2nccn2C)C(C)C)nn1C. The smallest absolute Gasteiger partial charge is 0.272 e. The Morgan fingerprint density at radius 2 is 2.05 bits per heavy atom. The number of imidazole rings is 1. The minimum absolute atomic E-state index is 0.134. The lowest BCUT2D eigenvalue weighted by Crippen LogP contribution is -2.33. The van der Waals surface area contributed by atoms with Gasteiger partial charge in [0, 0.05) is 32.2 Å². The maximum atomic E-state index is 12.3.